The van der Waals surface area contributed by atoms with Gasteiger partial charge in [-0.1, -0.05) is 26.0 Å². The number of thioether (sulfide) groups is 1. The lowest BCUT2D eigenvalue weighted by molar-refractivity contribution is -0.123. The Morgan fingerprint density at radius 3 is 2.33 bits per heavy atom. The molecule has 0 aliphatic heterocycles. The largest absolute Gasteiger partial charge is 0.484 e. The summed E-state index contributed by atoms with van der Waals surface area (Å²) in [6.07, 6.45) is 2.02. The highest BCUT2D eigenvalue weighted by Crippen LogP contribution is 2.22. The van der Waals surface area contributed by atoms with Crippen LogP contribution >= 0.6 is 11.8 Å². The first kappa shape index (κ1) is 24.2. The minimum Gasteiger partial charge on any atom is -0.484 e. The van der Waals surface area contributed by atoms with Gasteiger partial charge in [-0.3, -0.25) is 4.79 Å². The van der Waals surface area contributed by atoms with Gasteiger partial charge in [-0.15, -0.1) is 11.8 Å². The van der Waals surface area contributed by atoms with Crippen LogP contribution in [0, 0.1) is 12.8 Å². The van der Waals surface area contributed by atoms with E-state index in [1.165, 1.54) is 11.0 Å². The topological polar surface area (TPSA) is 84.5 Å². The maximum Gasteiger partial charge on any atom is 0.258 e. The first-order valence-corrected chi connectivity index (χ1v) is 12.5. The average molecular weight is 451 g/mol. The predicted molar refractivity (Wildman–Crippen MR) is 121 cm³/mol. The van der Waals surface area contributed by atoms with Crippen molar-refractivity contribution in [2.45, 2.75) is 43.5 Å². The van der Waals surface area contributed by atoms with Crippen LogP contribution in [0.5, 0.6) is 5.75 Å². The Balaban J connectivity index is 1.94. The van der Waals surface area contributed by atoms with Gasteiger partial charge in [0.2, 0.25) is 10.0 Å². The van der Waals surface area contributed by atoms with E-state index >= 15 is 0 Å². The number of ether oxygens (including phenoxy) is 1. The fourth-order valence-corrected chi connectivity index (χ4v) is 4.42. The Bertz CT molecular complexity index is 958. The van der Waals surface area contributed by atoms with Crippen molar-refractivity contribution in [1.82, 2.24) is 10.0 Å². The van der Waals surface area contributed by atoms with Crippen LogP contribution in [0.2, 0.25) is 0 Å². The summed E-state index contributed by atoms with van der Waals surface area (Å²) in [5, 5.41) is 2.91. The summed E-state index contributed by atoms with van der Waals surface area (Å²) in [6.45, 7) is 7.78. The number of carbonyl (C=O) groups excluding carboxylic acids is 1. The summed E-state index contributed by atoms with van der Waals surface area (Å²) in [5.74, 6) is 0.448. The molecule has 2 aromatic rings. The Labute approximate surface area is 183 Å². The lowest BCUT2D eigenvalue weighted by atomic mass is 10.1. The average Bonchev–Trinajstić information content (AvgIpc) is 2.71. The van der Waals surface area contributed by atoms with Crippen LogP contribution in [-0.2, 0) is 14.8 Å². The Hall–Kier alpha value is -2.03. The lowest BCUT2D eigenvalue weighted by Gasteiger charge is -2.16. The molecular formula is C22H30N2O4S2. The molecule has 0 bridgehead atoms. The number of nitrogens with one attached hydrogen (secondary N) is 2. The monoisotopic (exact) mass is 450 g/mol. The minimum atomic E-state index is -3.56. The Morgan fingerprint density at radius 1 is 1.10 bits per heavy atom. The Morgan fingerprint density at radius 2 is 1.77 bits per heavy atom. The number of carbonyl (C=O) groups is 1. The molecule has 164 valence electrons. The van der Waals surface area contributed by atoms with Crippen LogP contribution in [0.3, 0.4) is 0 Å². The van der Waals surface area contributed by atoms with Gasteiger partial charge < -0.3 is 10.1 Å². The van der Waals surface area contributed by atoms with E-state index in [2.05, 4.69) is 10.0 Å². The van der Waals surface area contributed by atoms with E-state index in [9.17, 15) is 13.2 Å². The molecule has 0 spiro atoms. The van der Waals surface area contributed by atoms with Gasteiger partial charge >= 0.3 is 0 Å². The van der Waals surface area contributed by atoms with Crippen molar-refractivity contribution in [2.24, 2.45) is 5.92 Å². The maximum absolute atomic E-state index is 12.3. The summed E-state index contributed by atoms with van der Waals surface area (Å²) in [5.41, 5.74) is 1.66. The van der Waals surface area contributed by atoms with Crippen LogP contribution < -0.4 is 14.8 Å². The van der Waals surface area contributed by atoms with Gasteiger partial charge in [-0.25, -0.2) is 13.1 Å². The van der Waals surface area contributed by atoms with Crippen LogP contribution in [0.15, 0.2) is 52.3 Å². The van der Waals surface area contributed by atoms with Crippen LogP contribution in [0.1, 0.15) is 37.9 Å². The molecule has 1 atom stereocenters. The van der Waals surface area contributed by atoms with Crippen molar-refractivity contribution < 1.29 is 17.9 Å². The summed E-state index contributed by atoms with van der Waals surface area (Å²) < 4.78 is 32.9. The number of hydrogen-bond donors (Lipinski definition) is 2. The number of rotatable bonds is 10. The molecule has 2 N–H and O–H groups in total. The van der Waals surface area contributed by atoms with Crippen molar-refractivity contribution in [1.29, 1.82) is 0 Å². The van der Waals surface area contributed by atoms with E-state index in [1.54, 1.807) is 30.8 Å². The summed E-state index contributed by atoms with van der Waals surface area (Å²) in [7, 11) is -3.56. The summed E-state index contributed by atoms with van der Waals surface area (Å²) in [4.78, 5) is 13.6. The van der Waals surface area contributed by atoms with Gasteiger partial charge in [0.15, 0.2) is 6.61 Å². The third-order valence-corrected chi connectivity index (χ3v) is 6.66. The van der Waals surface area contributed by atoms with Gasteiger partial charge in [-0.2, -0.15) is 0 Å². The van der Waals surface area contributed by atoms with E-state index in [4.69, 9.17) is 4.74 Å². The van der Waals surface area contributed by atoms with Gasteiger partial charge in [-0.05, 0) is 67.5 Å². The van der Waals surface area contributed by atoms with Crippen molar-refractivity contribution >= 4 is 27.7 Å². The molecule has 0 heterocycles. The molecule has 0 aliphatic rings. The molecule has 0 unspecified atom stereocenters. The highest BCUT2D eigenvalue weighted by molar-refractivity contribution is 7.98. The van der Waals surface area contributed by atoms with Crippen molar-refractivity contribution in [3.63, 3.8) is 0 Å². The second-order valence-corrected chi connectivity index (χ2v) is 10.2. The molecule has 0 aromatic heterocycles. The molecule has 30 heavy (non-hydrogen) atoms. The van der Waals surface area contributed by atoms with E-state index < -0.39 is 10.0 Å². The molecule has 2 aromatic carbocycles. The Kier molecular flexibility index (Phi) is 8.76. The molecule has 8 heteroatoms. The fraction of sp³-hybridized carbons (Fsp3) is 0.409. The first-order valence-electron chi connectivity index (χ1n) is 9.79. The quantitative estimate of drug-likeness (QED) is 0.536. The van der Waals surface area contributed by atoms with Crippen LogP contribution in [0.4, 0.5) is 0 Å². The van der Waals surface area contributed by atoms with Crippen LogP contribution in [0.25, 0.3) is 0 Å². The van der Waals surface area contributed by atoms with Crippen LogP contribution in [-0.4, -0.2) is 33.7 Å². The van der Waals surface area contributed by atoms with Gasteiger partial charge in [0, 0.05) is 11.4 Å². The molecule has 0 saturated carbocycles. The summed E-state index contributed by atoms with van der Waals surface area (Å²) in [6, 6.07) is 12.5. The molecule has 6 nitrogen and oxygen atoms in total. The number of sulfonamides is 1. The van der Waals surface area contributed by atoms with E-state index in [0.29, 0.717) is 17.9 Å². The first-order chi connectivity index (χ1) is 14.1. The zero-order valence-corrected chi connectivity index (χ0v) is 19.7. The molecule has 0 aliphatic carbocycles. The van der Waals surface area contributed by atoms with E-state index in [0.717, 1.165) is 5.56 Å². The smallest absolute Gasteiger partial charge is 0.258 e. The maximum atomic E-state index is 12.3. The predicted octanol–water partition coefficient (Wildman–Crippen LogP) is 3.91. The number of amides is 1. The highest BCUT2D eigenvalue weighted by Gasteiger charge is 2.16. The van der Waals surface area contributed by atoms with Gasteiger partial charge in [0.1, 0.15) is 5.75 Å². The fourth-order valence-electron chi connectivity index (χ4n) is 2.71. The molecule has 0 saturated heterocycles. The number of aryl methyl sites for hydroxylation is 1. The second kappa shape index (κ2) is 10.8. The summed E-state index contributed by atoms with van der Waals surface area (Å²) >= 11 is 1.67. The second-order valence-electron chi connectivity index (χ2n) is 7.52. The zero-order chi connectivity index (χ0) is 22.3. The lowest BCUT2D eigenvalue weighted by Crippen LogP contribution is -2.31. The standard InChI is InChI=1S/C22H30N2O4S2/c1-15(2)13-23-30(26,27)20-10-11-21(16(3)12-20)28-14-22(25)24-17(4)18-6-8-19(29-5)9-7-18/h6-12,15,17,23H,13-14H2,1-5H3,(H,24,25)/t17-/m0/s1. The van der Waals surface area contributed by atoms with Crippen molar-refractivity contribution in [3.8, 4) is 5.75 Å². The molecule has 0 fully saturated rings. The third-order valence-electron chi connectivity index (χ3n) is 4.49. The number of benzene rings is 2. The molecule has 2 rings (SSSR count). The van der Waals surface area contributed by atoms with Crippen molar-refractivity contribution in [3.05, 3.63) is 53.6 Å². The molecule has 1 amide bonds. The van der Waals surface area contributed by atoms with Gasteiger partial charge in [0.05, 0.1) is 10.9 Å². The van der Waals surface area contributed by atoms with Crippen molar-refractivity contribution in [2.75, 3.05) is 19.4 Å². The molecule has 0 radical (unpaired) electrons. The minimum absolute atomic E-state index is 0.141. The zero-order valence-electron chi connectivity index (χ0n) is 18.1. The van der Waals surface area contributed by atoms with Gasteiger partial charge in [0.25, 0.3) is 5.91 Å². The SMILES string of the molecule is CSc1ccc([C@H](C)NC(=O)COc2ccc(S(=O)(=O)NCC(C)C)cc2C)cc1. The normalized spacial score (nSPS) is 12.6. The molecular weight excluding hydrogens is 420 g/mol. The third kappa shape index (κ3) is 7.04. The van der Waals surface area contributed by atoms with E-state index in [-0.39, 0.29) is 29.4 Å². The number of hydrogen-bond acceptors (Lipinski definition) is 5. The highest BCUT2D eigenvalue weighted by atomic mass is 32.2. The van der Waals surface area contributed by atoms with E-state index in [1.807, 2.05) is 51.3 Å².